The zero-order valence-electron chi connectivity index (χ0n) is 9.15. The minimum absolute atomic E-state index is 0.166. The van der Waals surface area contributed by atoms with Crippen LogP contribution in [0.15, 0.2) is 0 Å². The number of likely N-dealkylation sites (tertiary alicyclic amines) is 1. The lowest BCUT2D eigenvalue weighted by Crippen LogP contribution is -2.37. The molecule has 1 fully saturated rings. The molecular formula is C10H19NO4. The van der Waals surface area contributed by atoms with Crippen LogP contribution in [0.3, 0.4) is 0 Å². The molecule has 0 aromatic rings. The van der Waals surface area contributed by atoms with E-state index in [-0.39, 0.29) is 5.92 Å². The van der Waals surface area contributed by atoms with E-state index in [0.29, 0.717) is 19.9 Å². The fourth-order valence-corrected chi connectivity index (χ4v) is 1.64. The molecule has 1 aliphatic rings. The summed E-state index contributed by atoms with van der Waals surface area (Å²) in [5, 5.41) is 8.80. The maximum Gasteiger partial charge on any atom is 0.306 e. The Morgan fingerprint density at radius 2 is 2.07 bits per heavy atom. The van der Waals surface area contributed by atoms with Crippen molar-refractivity contribution in [2.75, 3.05) is 40.1 Å². The summed E-state index contributed by atoms with van der Waals surface area (Å²) in [4.78, 5) is 12.8. The fourth-order valence-electron chi connectivity index (χ4n) is 1.64. The molecule has 1 saturated heterocycles. The summed E-state index contributed by atoms with van der Waals surface area (Å²) < 4.78 is 10.2. The van der Waals surface area contributed by atoms with Crippen LogP contribution >= 0.6 is 0 Å². The molecule has 1 N–H and O–H groups in total. The Hall–Kier alpha value is -0.650. The molecule has 0 atom stereocenters. The van der Waals surface area contributed by atoms with Crippen molar-refractivity contribution in [2.24, 2.45) is 5.92 Å². The number of carbonyl (C=O) groups is 1. The van der Waals surface area contributed by atoms with Crippen molar-refractivity contribution in [1.82, 2.24) is 4.90 Å². The van der Waals surface area contributed by atoms with Gasteiger partial charge in [-0.1, -0.05) is 0 Å². The maximum absolute atomic E-state index is 10.7. The van der Waals surface area contributed by atoms with E-state index in [1.807, 2.05) is 0 Å². The van der Waals surface area contributed by atoms with E-state index >= 15 is 0 Å². The largest absolute Gasteiger partial charge is 0.481 e. The first-order valence-corrected chi connectivity index (χ1v) is 5.26. The minimum atomic E-state index is -0.671. The number of carboxylic acid groups (broad SMARTS) is 1. The molecular weight excluding hydrogens is 198 g/mol. The molecule has 5 nitrogen and oxygen atoms in total. The molecule has 1 rings (SSSR count). The quantitative estimate of drug-likeness (QED) is 0.653. The van der Waals surface area contributed by atoms with Crippen LogP contribution in [0, 0.1) is 5.92 Å². The number of aliphatic carboxylic acids is 1. The van der Waals surface area contributed by atoms with Crippen molar-refractivity contribution >= 4 is 5.97 Å². The van der Waals surface area contributed by atoms with E-state index in [4.69, 9.17) is 14.6 Å². The third kappa shape index (κ3) is 4.59. The summed E-state index contributed by atoms with van der Waals surface area (Å²) in [5.74, 6) is -0.838. The molecule has 0 amide bonds. The van der Waals surface area contributed by atoms with Gasteiger partial charge in [-0.3, -0.25) is 9.69 Å². The topological polar surface area (TPSA) is 59.0 Å². The number of hydrogen-bond acceptors (Lipinski definition) is 4. The van der Waals surface area contributed by atoms with Crippen LogP contribution < -0.4 is 0 Å². The lowest BCUT2D eigenvalue weighted by molar-refractivity contribution is -0.143. The Morgan fingerprint density at radius 1 is 1.40 bits per heavy atom. The van der Waals surface area contributed by atoms with Crippen molar-refractivity contribution in [1.29, 1.82) is 0 Å². The zero-order valence-corrected chi connectivity index (χ0v) is 9.15. The van der Waals surface area contributed by atoms with E-state index in [1.54, 1.807) is 7.11 Å². The SMILES string of the molecule is COCCOCN1CCC(C(=O)O)CC1. The number of piperidine rings is 1. The van der Waals surface area contributed by atoms with Gasteiger partial charge in [-0.15, -0.1) is 0 Å². The molecule has 0 spiro atoms. The van der Waals surface area contributed by atoms with Crippen LogP contribution in [0.2, 0.25) is 0 Å². The van der Waals surface area contributed by atoms with Gasteiger partial charge in [0.1, 0.15) is 0 Å². The molecule has 0 bridgehead atoms. The normalized spacial score (nSPS) is 19.3. The number of nitrogens with zero attached hydrogens (tertiary/aromatic N) is 1. The Morgan fingerprint density at radius 3 is 2.60 bits per heavy atom. The second kappa shape index (κ2) is 6.76. The smallest absolute Gasteiger partial charge is 0.306 e. The maximum atomic E-state index is 10.7. The molecule has 0 saturated carbocycles. The predicted molar refractivity (Wildman–Crippen MR) is 54.6 cm³/mol. The second-order valence-corrected chi connectivity index (χ2v) is 3.76. The monoisotopic (exact) mass is 217 g/mol. The molecule has 0 aromatic heterocycles. The first kappa shape index (κ1) is 12.4. The number of ether oxygens (including phenoxy) is 2. The van der Waals surface area contributed by atoms with Crippen molar-refractivity contribution in [3.8, 4) is 0 Å². The van der Waals surface area contributed by atoms with Gasteiger partial charge >= 0.3 is 5.97 Å². The van der Waals surface area contributed by atoms with Gasteiger partial charge in [0.05, 0.1) is 25.9 Å². The molecule has 88 valence electrons. The molecule has 1 heterocycles. The molecule has 0 unspecified atom stereocenters. The average molecular weight is 217 g/mol. The summed E-state index contributed by atoms with van der Waals surface area (Å²) in [5.41, 5.74) is 0. The van der Waals surface area contributed by atoms with Crippen LogP contribution in [0.4, 0.5) is 0 Å². The Kier molecular flexibility index (Phi) is 5.60. The highest BCUT2D eigenvalue weighted by molar-refractivity contribution is 5.70. The number of hydrogen-bond donors (Lipinski definition) is 1. The van der Waals surface area contributed by atoms with E-state index in [0.717, 1.165) is 25.9 Å². The van der Waals surface area contributed by atoms with Crippen LogP contribution in [-0.2, 0) is 14.3 Å². The predicted octanol–water partition coefficient (Wildman–Crippen LogP) is 0.403. The molecule has 5 heteroatoms. The molecule has 1 aliphatic heterocycles. The molecule has 0 radical (unpaired) electrons. The van der Waals surface area contributed by atoms with Gasteiger partial charge in [-0.05, 0) is 12.8 Å². The Balaban J connectivity index is 2.07. The van der Waals surface area contributed by atoms with E-state index in [9.17, 15) is 4.79 Å². The highest BCUT2D eigenvalue weighted by Gasteiger charge is 2.23. The van der Waals surface area contributed by atoms with E-state index in [1.165, 1.54) is 0 Å². The van der Waals surface area contributed by atoms with E-state index < -0.39 is 5.97 Å². The van der Waals surface area contributed by atoms with Gasteiger partial charge in [-0.25, -0.2) is 0 Å². The van der Waals surface area contributed by atoms with Crippen molar-refractivity contribution in [3.63, 3.8) is 0 Å². The van der Waals surface area contributed by atoms with Gasteiger partial charge in [0.25, 0.3) is 0 Å². The fraction of sp³-hybridized carbons (Fsp3) is 0.900. The number of carboxylic acids is 1. The van der Waals surface area contributed by atoms with Crippen molar-refractivity contribution in [2.45, 2.75) is 12.8 Å². The van der Waals surface area contributed by atoms with Crippen molar-refractivity contribution < 1.29 is 19.4 Å². The van der Waals surface area contributed by atoms with Crippen LogP contribution in [0.25, 0.3) is 0 Å². The summed E-state index contributed by atoms with van der Waals surface area (Å²) in [7, 11) is 1.64. The Labute approximate surface area is 90.0 Å². The number of rotatable bonds is 6. The second-order valence-electron chi connectivity index (χ2n) is 3.76. The zero-order chi connectivity index (χ0) is 11.1. The molecule has 15 heavy (non-hydrogen) atoms. The van der Waals surface area contributed by atoms with Crippen molar-refractivity contribution in [3.05, 3.63) is 0 Å². The first-order valence-electron chi connectivity index (χ1n) is 5.26. The highest BCUT2D eigenvalue weighted by atomic mass is 16.5. The van der Waals surface area contributed by atoms with Crippen LogP contribution in [0.1, 0.15) is 12.8 Å². The molecule has 0 aromatic carbocycles. The van der Waals surface area contributed by atoms with Crippen LogP contribution in [0.5, 0.6) is 0 Å². The average Bonchev–Trinajstić information content (AvgIpc) is 2.25. The first-order chi connectivity index (χ1) is 7.24. The van der Waals surface area contributed by atoms with Crippen LogP contribution in [-0.4, -0.2) is 56.1 Å². The summed E-state index contributed by atoms with van der Waals surface area (Å²) in [6, 6.07) is 0. The summed E-state index contributed by atoms with van der Waals surface area (Å²) in [6.07, 6.45) is 1.45. The van der Waals surface area contributed by atoms with Gasteiger partial charge in [0.15, 0.2) is 0 Å². The minimum Gasteiger partial charge on any atom is -0.481 e. The molecule has 0 aliphatic carbocycles. The summed E-state index contributed by atoms with van der Waals surface area (Å²) in [6.45, 7) is 3.39. The Bertz CT molecular complexity index is 190. The lowest BCUT2D eigenvalue weighted by Gasteiger charge is -2.29. The van der Waals surface area contributed by atoms with E-state index in [2.05, 4.69) is 4.90 Å². The van der Waals surface area contributed by atoms with Gasteiger partial charge < -0.3 is 14.6 Å². The number of methoxy groups -OCH3 is 1. The third-order valence-electron chi connectivity index (χ3n) is 2.64. The lowest BCUT2D eigenvalue weighted by atomic mass is 9.98. The summed E-state index contributed by atoms with van der Waals surface area (Å²) >= 11 is 0. The van der Waals surface area contributed by atoms with Gasteiger partial charge in [0.2, 0.25) is 0 Å². The van der Waals surface area contributed by atoms with Gasteiger partial charge in [0, 0.05) is 20.2 Å². The third-order valence-corrected chi connectivity index (χ3v) is 2.64. The van der Waals surface area contributed by atoms with Gasteiger partial charge in [-0.2, -0.15) is 0 Å². The standard InChI is InChI=1S/C10H19NO4/c1-14-6-7-15-8-11-4-2-9(3-5-11)10(12)13/h9H,2-8H2,1H3,(H,12,13). The highest BCUT2D eigenvalue weighted by Crippen LogP contribution is 2.16.